The van der Waals surface area contributed by atoms with Gasteiger partial charge in [-0.3, -0.25) is 9.59 Å². The number of ketones is 2. The number of rotatable bonds is 9. The van der Waals surface area contributed by atoms with Crippen molar-refractivity contribution >= 4 is 17.3 Å². The van der Waals surface area contributed by atoms with Gasteiger partial charge in [0, 0.05) is 36.5 Å². The summed E-state index contributed by atoms with van der Waals surface area (Å²) in [4.78, 5) is 25.7. The van der Waals surface area contributed by atoms with Crippen LogP contribution in [0.3, 0.4) is 0 Å². The first kappa shape index (κ1) is 19.1. The summed E-state index contributed by atoms with van der Waals surface area (Å²) in [6, 6.07) is 9.82. The minimum atomic E-state index is -0.321. The van der Waals surface area contributed by atoms with Gasteiger partial charge in [0.25, 0.3) is 0 Å². The van der Waals surface area contributed by atoms with E-state index < -0.39 is 0 Å². The predicted octanol–water partition coefficient (Wildman–Crippen LogP) is 2.73. The van der Waals surface area contributed by atoms with Gasteiger partial charge in [-0.15, -0.1) is 0 Å². The van der Waals surface area contributed by atoms with Gasteiger partial charge in [-0.1, -0.05) is 24.3 Å². The van der Waals surface area contributed by atoms with Gasteiger partial charge in [-0.25, -0.2) is 0 Å². The molecule has 6 nitrogen and oxygen atoms in total. The average Bonchev–Trinajstić information content (AvgIpc) is 2.69. The zero-order valence-electron chi connectivity index (χ0n) is 15.2. The SMILES string of the molecule is NCCOCCCCCNc1ccc(O)c2c1C(=O)c1ccccc1C2=O. The highest BCUT2D eigenvalue weighted by Gasteiger charge is 2.33. The Bertz CT molecular complexity index is 848. The number of carbonyl (C=O) groups is 2. The van der Waals surface area contributed by atoms with Crippen LogP contribution < -0.4 is 11.1 Å². The third kappa shape index (κ3) is 4.02. The summed E-state index contributed by atoms with van der Waals surface area (Å²) < 4.78 is 5.34. The first-order valence-corrected chi connectivity index (χ1v) is 9.21. The van der Waals surface area contributed by atoms with E-state index in [1.165, 1.54) is 6.07 Å². The minimum absolute atomic E-state index is 0.0823. The molecule has 2 aromatic rings. The van der Waals surface area contributed by atoms with Crippen molar-refractivity contribution in [3.05, 3.63) is 58.7 Å². The monoisotopic (exact) mass is 368 g/mol. The highest BCUT2D eigenvalue weighted by molar-refractivity contribution is 6.31. The molecule has 27 heavy (non-hydrogen) atoms. The Hall–Kier alpha value is -2.70. The van der Waals surface area contributed by atoms with E-state index in [2.05, 4.69) is 5.32 Å². The van der Waals surface area contributed by atoms with Gasteiger partial charge in [0.1, 0.15) is 5.75 Å². The Morgan fingerprint density at radius 1 is 0.889 bits per heavy atom. The molecule has 1 aliphatic carbocycles. The minimum Gasteiger partial charge on any atom is -0.507 e. The summed E-state index contributed by atoms with van der Waals surface area (Å²) in [5.74, 6) is -0.729. The lowest BCUT2D eigenvalue weighted by Gasteiger charge is -2.21. The number of fused-ring (bicyclic) bond motifs is 2. The van der Waals surface area contributed by atoms with Crippen molar-refractivity contribution in [3.8, 4) is 5.75 Å². The number of aromatic hydroxyl groups is 1. The van der Waals surface area contributed by atoms with E-state index in [4.69, 9.17) is 10.5 Å². The van der Waals surface area contributed by atoms with Gasteiger partial charge >= 0.3 is 0 Å². The lowest BCUT2D eigenvalue weighted by atomic mass is 9.82. The molecule has 0 unspecified atom stereocenters. The van der Waals surface area contributed by atoms with Crippen LogP contribution in [0.25, 0.3) is 0 Å². The van der Waals surface area contributed by atoms with Crippen LogP contribution in [0.1, 0.15) is 51.1 Å². The molecular weight excluding hydrogens is 344 g/mol. The van der Waals surface area contributed by atoms with E-state index in [1.54, 1.807) is 30.3 Å². The Balaban J connectivity index is 1.70. The van der Waals surface area contributed by atoms with Crippen LogP contribution >= 0.6 is 0 Å². The summed E-state index contributed by atoms with van der Waals surface area (Å²) in [7, 11) is 0. The summed E-state index contributed by atoms with van der Waals surface area (Å²) in [5.41, 5.74) is 6.99. The third-order valence-electron chi connectivity index (χ3n) is 4.60. The van der Waals surface area contributed by atoms with Gasteiger partial charge in [-0.05, 0) is 31.4 Å². The maximum Gasteiger partial charge on any atom is 0.198 e. The quantitative estimate of drug-likeness (QED) is 0.396. The Kier molecular flexibility index (Phi) is 6.21. The molecule has 0 bridgehead atoms. The fourth-order valence-corrected chi connectivity index (χ4v) is 3.27. The van der Waals surface area contributed by atoms with Crippen molar-refractivity contribution < 1.29 is 19.4 Å². The van der Waals surface area contributed by atoms with Crippen molar-refractivity contribution in [2.75, 3.05) is 31.6 Å². The number of carbonyl (C=O) groups excluding carboxylic acids is 2. The van der Waals surface area contributed by atoms with Crippen molar-refractivity contribution in [1.82, 2.24) is 0 Å². The maximum atomic E-state index is 12.9. The molecule has 3 rings (SSSR count). The molecule has 1 aliphatic rings. The van der Waals surface area contributed by atoms with Crippen LogP contribution in [0, 0.1) is 0 Å². The largest absolute Gasteiger partial charge is 0.507 e. The Morgan fingerprint density at radius 2 is 1.59 bits per heavy atom. The highest BCUT2D eigenvalue weighted by Crippen LogP contribution is 2.36. The van der Waals surface area contributed by atoms with Gasteiger partial charge in [0.2, 0.25) is 0 Å². The fourth-order valence-electron chi connectivity index (χ4n) is 3.27. The first-order valence-electron chi connectivity index (χ1n) is 9.21. The predicted molar refractivity (Wildman–Crippen MR) is 104 cm³/mol. The molecule has 0 radical (unpaired) electrons. The van der Waals surface area contributed by atoms with E-state index in [1.807, 2.05) is 0 Å². The number of benzene rings is 2. The molecule has 0 saturated heterocycles. The summed E-state index contributed by atoms with van der Waals surface area (Å²) in [6.07, 6.45) is 2.83. The molecule has 2 aromatic carbocycles. The molecule has 0 heterocycles. The van der Waals surface area contributed by atoms with Gasteiger partial charge in [0.05, 0.1) is 17.7 Å². The summed E-state index contributed by atoms with van der Waals surface area (Å²) >= 11 is 0. The second-order valence-corrected chi connectivity index (χ2v) is 6.47. The van der Waals surface area contributed by atoms with Crippen LogP contribution in [0.15, 0.2) is 36.4 Å². The number of hydrogen-bond acceptors (Lipinski definition) is 6. The van der Waals surface area contributed by atoms with Crippen LogP contribution in [0.5, 0.6) is 5.75 Å². The molecule has 6 heteroatoms. The van der Waals surface area contributed by atoms with Crippen LogP contribution in [0.2, 0.25) is 0 Å². The molecule has 0 spiro atoms. The lowest BCUT2D eigenvalue weighted by Crippen LogP contribution is -2.23. The lowest BCUT2D eigenvalue weighted by molar-refractivity contribution is 0.0977. The van der Waals surface area contributed by atoms with E-state index >= 15 is 0 Å². The normalized spacial score (nSPS) is 12.6. The molecule has 0 aliphatic heterocycles. The first-order chi connectivity index (χ1) is 13.1. The molecular formula is C21H24N2O4. The summed E-state index contributed by atoms with van der Waals surface area (Å²) in [5, 5.41) is 13.4. The smallest absolute Gasteiger partial charge is 0.198 e. The van der Waals surface area contributed by atoms with Crippen molar-refractivity contribution in [3.63, 3.8) is 0 Å². The Morgan fingerprint density at radius 3 is 2.30 bits per heavy atom. The second kappa shape index (κ2) is 8.79. The van der Waals surface area contributed by atoms with Crippen molar-refractivity contribution in [2.24, 2.45) is 5.73 Å². The number of unbranched alkanes of at least 4 members (excludes halogenated alkanes) is 2. The molecule has 142 valence electrons. The number of phenols is 1. The number of nitrogens with two attached hydrogens (primary N) is 1. The number of phenolic OH excluding ortho intramolecular Hbond substituents is 1. The summed E-state index contributed by atoms with van der Waals surface area (Å²) in [6.45, 7) is 2.46. The van der Waals surface area contributed by atoms with E-state index in [-0.39, 0.29) is 28.4 Å². The molecule has 0 aromatic heterocycles. The van der Waals surface area contributed by atoms with Crippen molar-refractivity contribution in [1.29, 1.82) is 0 Å². The maximum absolute atomic E-state index is 12.9. The molecule has 0 atom stereocenters. The fraction of sp³-hybridized carbons (Fsp3) is 0.333. The number of nitrogens with one attached hydrogen (secondary N) is 1. The third-order valence-corrected chi connectivity index (χ3v) is 4.60. The van der Waals surface area contributed by atoms with Crippen LogP contribution in [-0.4, -0.2) is 43.0 Å². The van der Waals surface area contributed by atoms with Gasteiger partial charge in [-0.2, -0.15) is 0 Å². The molecule has 4 N–H and O–H groups in total. The molecule has 0 saturated carbocycles. The Labute approximate surface area is 158 Å². The van der Waals surface area contributed by atoms with Crippen LogP contribution in [0.4, 0.5) is 5.69 Å². The van der Waals surface area contributed by atoms with E-state index in [0.717, 1.165) is 19.3 Å². The highest BCUT2D eigenvalue weighted by atomic mass is 16.5. The zero-order chi connectivity index (χ0) is 19.2. The van der Waals surface area contributed by atoms with Crippen LogP contribution in [-0.2, 0) is 4.74 Å². The number of anilines is 1. The van der Waals surface area contributed by atoms with E-state index in [0.29, 0.717) is 43.1 Å². The number of hydrogen-bond donors (Lipinski definition) is 3. The molecule has 0 amide bonds. The van der Waals surface area contributed by atoms with Crippen molar-refractivity contribution in [2.45, 2.75) is 19.3 Å². The zero-order valence-corrected chi connectivity index (χ0v) is 15.2. The molecule has 0 fully saturated rings. The number of ether oxygens (including phenoxy) is 1. The van der Waals surface area contributed by atoms with Gasteiger partial charge in [0.15, 0.2) is 11.6 Å². The average molecular weight is 368 g/mol. The van der Waals surface area contributed by atoms with E-state index in [9.17, 15) is 14.7 Å². The standard InChI is InChI=1S/C21H24N2O4/c22-10-13-27-12-5-1-4-11-23-16-8-9-17(24)19-18(16)20(25)14-6-2-3-7-15(14)21(19)26/h2-3,6-9,23-24H,1,4-5,10-13,22H2. The van der Waals surface area contributed by atoms with Gasteiger partial charge < -0.3 is 20.9 Å². The second-order valence-electron chi connectivity index (χ2n) is 6.47. The topological polar surface area (TPSA) is 102 Å².